The van der Waals surface area contributed by atoms with Crippen LogP contribution in [0.4, 0.5) is 10.1 Å². The third-order valence-electron chi connectivity index (χ3n) is 7.46. The highest BCUT2D eigenvalue weighted by atomic mass is 19.1. The van der Waals surface area contributed by atoms with Gasteiger partial charge in [0.15, 0.2) is 0 Å². The Morgan fingerprint density at radius 2 is 1.82 bits per heavy atom. The van der Waals surface area contributed by atoms with E-state index in [9.17, 15) is 18.8 Å². The van der Waals surface area contributed by atoms with Gasteiger partial charge in [0.1, 0.15) is 11.4 Å². The van der Waals surface area contributed by atoms with Gasteiger partial charge in [0, 0.05) is 39.9 Å². The molecule has 0 bridgehead atoms. The van der Waals surface area contributed by atoms with Gasteiger partial charge < -0.3 is 10.3 Å². The van der Waals surface area contributed by atoms with Gasteiger partial charge in [-0.25, -0.2) is 4.39 Å². The van der Waals surface area contributed by atoms with Crippen LogP contribution in [-0.4, -0.2) is 39.2 Å². The van der Waals surface area contributed by atoms with Gasteiger partial charge in [0.2, 0.25) is 17.7 Å². The van der Waals surface area contributed by atoms with E-state index in [-0.39, 0.29) is 5.91 Å². The Kier molecular flexibility index (Phi) is 4.18. The lowest BCUT2D eigenvalue weighted by Crippen LogP contribution is -2.56. The normalized spacial score (nSPS) is 28.2. The number of nitrogens with one attached hydrogen (secondary N) is 3. The van der Waals surface area contributed by atoms with E-state index in [0.717, 1.165) is 16.5 Å². The molecule has 3 aliphatic heterocycles. The first kappa shape index (κ1) is 21.0. The first-order chi connectivity index (χ1) is 16.1. The number of benzene rings is 2. The summed E-state index contributed by atoms with van der Waals surface area (Å²) in [5.74, 6) is -3.34. The molecule has 3 amide bonds. The van der Waals surface area contributed by atoms with Crippen LogP contribution in [0.1, 0.15) is 31.9 Å². The summed E-state index contributed by atoms with van der Waals surface area (Å²) in [6.07, 6.45) is 2.33. The predicted molar refractivity (Wildman–Crippen MR) is 124 cm³/mol. The fourth-order valence-electron chi connectivity index (χ4n) is 6.15. The SMILES string of the molecule is CC(C)(C)N1C(=O)[C@H]2[C@@H](C1=O)[C@]1(N[C@@H]2Cc2c[nH]c3ccccc23)C(=O)Nc2ccc(F)cc21. The monoisotopic (exact) mass is 460 g/mol. The number of anilines is 1. The van der Waals surface area contributed by atoms with E-state index in [1.807, 2.05) is 30.5 Å². The zero-order chi connectivity index (χ0) is 24.0. The summed E-state index contributed by atoms with van der Waals surface area (Å²) in [6.45, 7) is 5.42. The van der Waals surface area contributed by atoms with Crippen molar-refractivity contribution in [3.05, 3.63) is 65.6 Å². The van der Waals surface area contributed by atoms with Gasteiger partial charge in [-0.3, -0.25) is 24.6 Å². The van der Waals surface area contributed by atoms with Crippen LogP contribution in [0, 0.1) is 17.7 Å². The van der Waals surface area contributed by atoms with Gasteiger partial charge in [0.05, 0.1) is 11.8 Å². The van der Waals surface area contributed by atoms with E-state index in [0.29, 0.717) is 17.7 Å². The van der Waals surface area contributed by atoms with Gasteiger partial charge in [0.25, 0.3) is 0 Å². The molecule has 3 aliphatic rings. The maximum Gasteiger partial charge on any atom is 0.250 e. The third-order valence-corrected chi connectivity index (χ3v) is 7.46. The van der Waals surface area contributed by atoms with E-state index >= 15 is 0 Å². The minimum Gasteiger partial charge on any atom is -0.361 e. The Morgan fingerprint density at radius 3 is 2.59 bits per heavy atom. The standard InChI is InChI=1S/C26H25FN4O3/c1-25(2,3)31-22(32)20-19(10-13-12-28-17-7-5-4-6-15(13)17)30-26(21(20)23(31)33)16-11-14(27)8-9-18(16)29-24(26)34/h4-9,11-12,19-21,28,30H,10H2,1-3H3,(H,29,34)/t19-,20-,21+,26+/m1/s1. The van der Waals surface area contributed by atoms with Crippen LogP contribution in [0.2, 0.25) is 0 Å². The third kappa shape index (κ3) is 2.63. The molecule has 2 aromatic carbocycles. The topological polar surface area (TPSA) is 94.3 Å². The van der Waals surface area contributed by atoms with Crippen LogP contribution in [-0.2, 0) is 26.3 Å². The molecule has 0 unspecified atom stereocenters. The average Bonchev–Trinajstić information content (AvgIpc) is 3.47. The summed E-state index contributed by atoms with van der Waals surface area (Å²) < 4.78 is 14.4. The molecule has 0 radical (unpaired) electrons. The van der Waals surface area contributed by atoms with Crippen LogP contribution >= 0.6 is 0 Å². The lowest BCUT2D eigenvalue weighted by atomic mass is 9.76. The van der Waals surface area contributed by atoms with Crippen molar-refractivity contribution in [2.75, 3.05) is 5.32 Å². The van der Waals surface area contributed by atoms with Crippen molar-refractivity contribution in [1.29, 1.82) is 0 Å². The van der Waals surface area contributed by atoms with Crippen molar-refractivity contribution >= 4 is 34.3 Å². The van der Waals surface area contributed by atoms with Crippen molar-refractivity contribution < 1.29 is 18.8 Å². The van der Waals surface area contributed by atoms with Crippen LogP contribution < -0.4 is 10.6 Å². The quantitative estimate of drug-likeness (QED) is 0.513. The summed E-state index contributed by atoms with van der Waals surface area (Å²) in [7, 11) is 0. The Labute approximate surface area is 195 Å². The molecule has 2 fully saturated rings. The molecule has 1 aromatic heterocycles. The molecule has 1 spiro atoms. The first-order valence-corrected chi connectivity index (χ1v) is 11.4. The Morgan fingerprint density at radius 1 is 1.06 bits per heavy atom. The number of carbonyl (C=O) groups is 3. The fraction of sp³-hybridized carbons (Fsp3) is 0.346. The number of para-hydroxylation sites is 1. The number of imide groups is 1. The smallest absolute Gasteiger partial charge is 0.250 e. The molecule has 0 saturated carbocycles. The van der Waals surface area contributed by atoms with E-state index < -0.39 is 46.6 Å². The van der Waals surface area contributed by atoms with Gasteiger partial charge in [-0.2, -0.15) is 0 Å². The number of fused-ring (bicyclic) bond motifs is 5. The number of likely N-dealkylation sites (tertiary alicyclic amines) is 1. The summed E-state index contributed by atoms with van der Waals surface area (Å²) in [5.41, 5.74) is 0.538. The number of rotatable bonds is 2. The lowest BCUT2D eigenvalue weighted by molar-refractivity contribution is -0.147. The van der Waals surface area contributed by atoms with Crippen LogP contribution in [0.25, 0.3) is 10.9 Å². The van der Waals surface area contributed by atoms with Crippen molar-refractivity contribution in [2.24, 2.45) is 11.8 Å². The van der Waals surface area contributed by atoms with E-state index in [1.165, 1.54) is 23.1 Å². The zero-order valence-corrected chi connectivity index (χ0v) is 19.1. The van der Waals surface area contributed by atoms with Crippen LogP contribution in [0.3, 0.4) is 0 Å². The molecule has 4 heterocycles. The zero-order valence-electron chi connectivity index (χ0n) is 19.1. The Hall–Kier alpha value is -3.52. The van der Waals surface area contributed by atoms with E-state index in [2.05, 4.69) is 15.6 Å². The second kappa shape index (κ2) is 6.76. The molecule has 34 heavy (non-hydrogen) atoms. The first-order valence-electron chi connectivity index (χ1n) is 11.4. The van der Waals surface area contributed by atoms with Crippen molar-refractivity contribution in [1.82, 2.24) is 15.2 Å². The summed E-state index contributed by atoms with van der Waals surface area (Å²) in [5, 5.41) is 7.21. The summed E-state index contributed by atoms with van der Waals surface area (Å²) in [4.78, 5) is 45.5. The number of hydrogen-bond donors (Lipinski definition) is 3. The number of hydrogen-bond acceptors (Lipinski definition) is 4. The highest BCUT2D eigenvalue weighted by Gasteiger charge is 2.71. The number of H-pyrrole nitrogens is 1. The molecule has 6 rings (SSSR count). The molecule has 3 N–H and O–H groups in total. The minimum atomic E-state index is -1.51. The second-order valence-corrected chi connectivity index (χ2v) is 10.5. The van der Waals surface area contributed by atoms with E-state index in [4.69, 9.17) is 0 Å². The maximum absolute atomic E-state index is 14.4. The molecular weight excluding hydrogens is 435 g/mol. The molecule has 3 aromatic rings. The van der Waals surface area contributed by atoms with Gasteiger partial charge in [-0.05, 0) is 57.0 Å². The predicted octanol–water partition coefficient (Wildman–Crippen LogP) is 3.07. The van der Waals surface area contributed by atoms with Crippen molar-refractivity contribution in [3.63, 3.8) is 0 Å². The van der Waals surface area contributed by atoms with Crippen molar-refractivity contribution in [2.45, 2.75) is 44.3 Å². The number of nitrogens with zero attached hydrogens (tertiary/aromatic N) is 1. The molecule has 0 aliphatic carbocycles. The number of carbonyl (C=O) groups excluding carboxylic acids is 3. The molecule has 2 saturated heterocycles. The molecular formula is C26H25FN4O3. The van der Waals surface area contributed by atoms with Gasteiger partial charge >= 0.3 is 0 Å². The van der Waals surface area contributed by atoms with Crippen LogP contribution in [0.15, 0.2) is 48.7 Å². The average molecular weight is 461 g/mol. The Balaban J connectivity index is 1.51. The van der Waals surface area contributed by atoms with Gasteiger partial charge in [-0.1, -0.05) is 18.2 Å². The molecule has 174 valence electrons. The second-order valence-electron chi connectivity index (χ2n) is 10.5. The van der Waals surface area contributed by atoms with E-state index in [1.54, 1.807) is 20.8 Å². The number of aromatic nitrogens is 1. The van der Waals surface area contributed by atoms with Crippen molar-refractivity contribution in [3.8, 4) is 0 Å². The Bertz CT molecular complexity index is 1390. The minimum absolute atomic E-state index is 0.297. The molecule has 4 atom stereocenters. The lowest BCUT2D eigenvalue weighted by Gasteiger charge is -2.34. The number of aromatic amines is 1. The summed E-state index contributed by atoms with van der Waals surface area (Å²) in [6, 6.07) is 11.4. The fourth-order valence-corrected chi connectivity index (χ4v) is 6.15. The highest BCUT2D eigenvalue weighted by Crippen LogP contribution is 2.54. The summed E-state index contributed by atoms with van der Waals surface area (Å²) >= 11 is 0. The highest BCUT2D eigenvalue weighted by molar-refractivity contribution is 6.15. The number of amides is 3. The molecule has 7 nitrogen and oxygen atoms in total. The maximum atomic E-state index is 14.4. The van der Waals surface area contributed by atoms with Gasteiger partial charge in [-0.15, -0.1) is 0 Å². The largest absolute Gasteiger partial charge is 0.361 e. The van der Waals surface area contributed by atoms with Crippen LogP contribution in [0.5, 0.6) is 0 Å². The number of halogens is 1. The molecule has 8 heteroatoms.